The zero-order valence-electron chi connectivity index (χ0n) is 9.57. The second kappa shape index (κ2) is 4.91. The normalized spacial score (nSPS) is 17.7. The largest absolute Gasteiger partial charge is 0.343 e. The fourth-order valence-electron chi connectivity index (χ4n) is 1.76. The number of rotatable bonds is 3. The van der Waals surface area contributed by atoms with E-state index < -0.39 is 10.0 Å². The van der Waals surface area contributed by atoms with Gasteiger partial charge in [-0.3, -0.25) is 9.59 Å². The average molecular weight is 271 g/mol. The van der Waals surface area contributed by atoms with Crippen molar-refractivity contribution in [1.29, 1.82) is 0 Å². The van der Waals surface area contributed by atoms with Crippen LogP contribution >= 0.6 is 0 Å². The Morgan fingerprint density at radius 1 is 1.17 bits per heavy atom. The monoisotopic (exact) mass is 271 g/mol. The van der Waals surface area contributed by atoms with Gasteiger partial charge in [-0.1, -0.05) is 0 Å². The van der Waals surface area contributed by atoms with Crippen LogP contribution < -0.4 is 5.56 Å². The van der Waals surface area contributed by atoms with E-state index in [0.717, 1.165) is 0 Å². The first-order valence-electron chi connectivity index (χ1n) is 5.42. The molecule has 98 valence electrons. The van der Waals surface area contributed by atoms with E-state index in [1.807, 2.05) is 0 Å². The predicted molar refractivity (Wildman–Crippen MR) is 63.5 cm³/mol. The highest BCUT2D eigenvalue weighted by Gasteiger charge is 2.27. The highest BCUT2D eigenvalue weighted by Crippen LogP contribution is 2.15. The minimum Gasteiger partial charge on any atom is -0.343 e. The Labute approximate surface area is 104 Å². The average Bonchev–Trinajstić information content (AvgIpc) is 2.39. The third-order valence-corrected chi connectivity index (χ3v) is 4.71. The van der Waals surface area contributed by atoms with Gasteiger partial charge in [0.05, 0.1) is 4.90 Å². The minimum atomic E-state index is -3.59. The van der Waals surface area contributed by atoms with Crippen LogP contribution in [0, 0.1) is 0 Å². The van der Waals surface area contributed by atoms with Crippen LogP contribution in [0.2, 0.25) is 0 Å². The van der Waals surface area contributed by atoms with E-state index in [4.69, 9.17) is 0 Å². The van der Waals surface area contributed by atoms with Crippen LogP contribution in [0.3, 0.4) is 0 Å². The Balaban J connectivity index is 2.19. The number of piperazine rings is 1. The molecule has 1 saturated heterocycles. The maximum atomic E-state index is 12.2. The van der Waals surface area contributed by atoms with E-state index in [9.17, 15) is 18.0 Å². The fourth-order valence-corrected chi connectivity index (χ4v) is 3.15. The smallest absolute Gasteiger partial charge is 0.247 e. The summed E-state index contributed by atoms with van der Waals surface area (Å²) >= 11 is 0. The predicted octanol–water partition coefficient (Wildman–Crippen LogP) is -1.16. The molecule has 0 spiro atoms. The molecule has 2 heterocycles. The lowest BCUT2D eigenvalue weighted by atomic mass is 10.4. The van der Waals surface area contributed by atoms with Gasteiger partial charge in [-0.2, -0.15) is 4.31 Å². The van der Waals surface area contributed by atoms with Crippen LogP contribution in [0.15, 0.2) is 28.0 Å². The highest BCUT2D eigenvalue weighted by atomic mass is 32.2. The number of aromatic amines is 1. The lowest BCUT2D eigenvalue weighted by molar-refractivity contribution is -0.119. The highest BCUT2D eigenvalue weighted by molar-refractivity contribution is 7.89. The SMILES string of the molecule is O=CN1CCN(S(=O)(=O)c2ccc(=O)[nH]c2)CC1. The second-order valence-electron chi connectivity index (χ2n) is 3.93. The number of hydrogen-bond donors (Lipinski definition) is 1. The molecule has 8 heteroatoms. The van der Waals surface area contributed by atoms with Gasteiger partial charge in [-0.05, 0) is 6.07 Å². The van der Waals surface area contributed by atoms with Crippen LogP contribution in [0.25, 0.3) is 0 Å². The number of carbonyl (C=O) groups excluding carboxylic acids is 1. The molecule has 1 aliphatic rings. The second-order valence-corrected chi connectivity index (χ2v) is 5.87. The summed E-state index contributed by atoms with van der Waals surface area (Å²) in [4.78, 5) is 25.4. The Kier molecular flexibility index (Phi) is 3.48. The summed E-state index contributed by atoms with van der Waals surface area (Å²) in [5.74, 6) is 0. The van der Waals surface area contributed by atoms with Crippen LogP contribution in [-0.4, -0.2) is 55.2 Å². The number of nitrogens with one attached hydrogen (secondary N) is 1. The Bertz CT molecular complexity index is 567. The van der Waals surface area contributed by atoms with Crippen LogP contribution in [-0.2, 0) is 14.8 Å². The summed E-state index contributed by atoms with van der Waals surface area (Å²) in [6.45, 7) is 1.29. The maximum Gasteiger partial charge on any atom is 0.247 e. The van der Waals surface area contributed by atoms with Gasteiger partial charge in [-0.15, -0.1) is 0 Å². The van der Waals surface area contributed by atoms with E-state index in [1.54, 1.807) is 0 Å². The van der Waals surface area contributed by atoms with Crippen LogP contribution in [0.1, 0.15) is 0 Å². The molecule has 0 radical (unpaired) electrons. The molecule has 0 atom stereocenters. The van der Waals surface area contributed by atoms with Crippen molar-refractivity contribution in [1.82, 2.24) is 14.2 Å². The number of carbonyl (C=O) groups is 1. The van der Waals surface area contributed by atoms with Crippen molar-refractivity contribution in [2.24, 2.45) is 0 Å². The molecule has 0 saturated carbocycles. The maximum absolute atomic E-state index is 12.2. The summed E-state index contributed by atoms with van der Waals surface area (Å²) in [6.07, 6.45) is 1.90. The van der Waals surface area contributed by atoms with Gasteiger partial charge in [0, 0.05) is 38.4 Å². The summed E-state index contributed by atoms with van der Waals surface area (Å²) in [6, 6.07) is 2.45. The van der Waals surface area contributed by atoms with Gasteiger partial charge < -0.3 is 9.88 Å². The third-order valence-electron chi connectivity index (χ3n) is 2.82. The molecule has 1 amide bonds. The van der Waals surface area contributed by atoms with Crippen molar-refractivity contribution in [3.63, 3.8) is 0 Å². The van der Waals surface area contributed by atoms with E-state index in [0.29, 0.717) is 19.5 Å². The van der Waals surface area contributed by atoms with Gasteiger partial charge in [-0.25, -0.2) is 8.42 Å². The lowest BCUT2D eigenvalue weighted by Crippen LogP contribution is -2.48. The van der Waals surface area contributed by atoms with Crippen molar-refractivity contribution in [2.75, 3.05) is 26.2 Å². The van der Waals surface area contributed by atoms with E-state index in [1.165, 1.54) is 27.5 Å². The van der Waals surface area contributed by atoms with Gasteiger partial charge >= 0.3 is 0 Å². The van der Waals surface area contributed by atoms with Crippen molar-refractivity contribution in [2.45, 2.75) is 4.90 Å². The zero-order chi connectivity index (χ0) is 13.2. The summed E-state index contributed by atoms with van der Waals surface area (Å²) in [5.41, 5.74) is -0.347. The van der Waals surface area contributed by atoms with Crippen molar-refractivity contribution >= 4 is 16.4 Å². The standard InChI is InChI=1S/C10H13N3O4S/c14-8-12-3-5-13(6-4-12)18(16,17)9-1-2-10(15)11-7-9/h1-2,7-8H,3-6H2,(H,11,15). The number of hydrogen-bond acceptors (Lipinski definition) is 4. The quantitative estimate of drug-likeness (QED) is 0.702. The molecule has 7 nitrogen and oxygen atoms in total. The number of nitrogens with zero attached hydrogens (tertiary/aromatic N) is 2. The number of amides is 1. The first-order chi connectivity index (χ1) is 8.54. The third kappa shape index (κ3) is 2.44. The van der Waals surface area contributed by atoms with Crippen molar-refractivity contribution < 1.29 is 13.2 Å². The first kappa shape index (κ1) is 12.8. The van der Waals surface area contributed by atoms with Gasteiger partial charge in [0.25, 0.3) is 0 Å². The van der Waals surface area contributed by atoms with Gasteiger partial charge in [0.1, 0.15) is 0 Å². The molecular formula is C10H13N3O4S. The Hall–Kier alpha value is -1.67. The summed E-state index contributed by atoms with van der Waals surface area (Å²) in [7, 11) is -3.59. The van der Waals surface area contributed by atoms with Crippen LogP contribution in [0.5, 0.6) is 0 Å². The molecule has 1 aromatic heterocycles. The minimum absolute atomic E-state index is 0.0571. The molecule has 1 aliphatic heterocycles. The molecule has 0 bridgehead atoms. The Morgan fingerprint density at radius 3 is 2.33 bits per heavy atom. The van der Waals surface area contributed by atoms with E-state index in [-0.39, 0.29) is 23.5 Å². The molecule has 0 aromatic carbocycles. The molecule has 2 rings (SSSR count). The van der Waals surface area contributed by atoms with Crippen molar-refractivity contribution in [3.05, 3.63) is 28.7 Å². The zero-order valence-corrected chi connectivity index (χ0v) is 10.4. The van der Waals surface area contributed by atoms with Gasteiger partial charge in [0.15, 0.2) is 0 Å². The number of pyridine rings is 1. The molecule has 1 N–H and O–H groups in total. The molecular weight excluding hydrogens is 258 g/mol. The number of sulfonamides is 1. The topological polar surface area (TPSA) is 90.6 Å². The van der Waals surface area contributed by atoms with E-state index >= 15 is 0 Å². The fraction of sp³-hybridized carbons (Fsp3) is 0.400. The van der Waals surface area contributed by atoms with Crippen molar-refractivity contribution in [3.8, 4) is 0 Å². The first-order valence-corrected chi connectivity index (χ1v) is 6.86. The molecule has 1 fully saturated rings. The molecule has 0 unspecified atom stereocenters. The summed E-state index contributed by atoms with van der Waals surface area (Å²) < 4.78 is 25.7. The number of aromatic nitrogens is 1. The molecule has 0 aliphatic carbocycles. The molecule has 18 heavy (non-hydrogen) atoms. The van der Waals surface area contributed by atoms with E-state index in [2.05, 4.69) is 4.98 Å². The van der Waals surface area contributed by atoms with Crippen LogP contribution in [0.4, 0.5) is 0 Å². The summed E-state index contributed by atoms with van der Waals surface area (Å²) in [5, 5.41) is 0. The Morgan fingerprint density at radius 2 is 1.83 bits per heavy atom. The lowest BCUT2D eigenvalue weighted by Gasteiger charge is -2.31. The van der Waals surface area contributed by atoms with Gasteiger partial charge in [0.2, 0.25) is 22.0 Å². The molecule has 1 aromatic rings. The number of H-pyrrole nitrogens is 1.